The Balaban J connectivity index is 0.000000140. The van der Waals surface area contributed by atoms with E-state index in [2.05, 4.69) is 478 Å². The molecule has 0 spiro atoms. The Morgan fingerprint density at radius 3 is 0.783 bits per heavy atom. The summed E-state index contributed by atoms with van der Waals surface area (Å²) in [6.07, 6.45) is 0. The molecule has 576 valence electrons. The lowest BCUT2D eigenvalue weighted by atomic mass is 9.86. The summed E-state index contributed by atoms with van der Waals surface area (Å²) < 4.78 is 5.81. The number of halogens is 1. The highest BCUT2D eigenvalue weighted by molar-refractivity contribution is 9.10. The molecule has 0 saturated carbocycles. The van der Waals surface area contributed by atoms with Crippen molar-refractivity contribution in [2.45, 2.75) is 22.3 Å². The van der Waals surface area contributed by atoms with Gasteiger partial charge in [-0.05, 0) is 243 Å². The Bertz CT molecular complexity index is 7220. The fraction of sp³-hybridized carbons (Fsp3) is 0.0261. The fourth-order valence-corrected chi connectivity index (χ4v) is 17.6. The molecule has 0 unspecified atom stereocenters. The van der Waals surface area contributed by atoms with Gasteiger partial charge in [0.05, 0.1) is 22.1 Å². The minimum absolute atomic E-state index is 0. The Kier molecular flexibility index (Phi) is 22.3. The lowest BCUT2D eigenvalue weighted by molar-refractivity contribution is 1.18. The highest BCUT2D eigenvalue weighted by Gasteiger charge is 2.22. The third-order valence-corrected chi connectivity index (χ3v) is 23.2. The van der Waals surface area contributed by atoms with Crippen molar-refractivity contribution < 1.29 is 0 Å². The summed E-state index contributed by atoms with van der Waals surface area (Å²) in [5.74, 6) is 0. The van der Waals surface area contributed by atoms with Gasteiger partial charge in [-0.15, -0.1) is 0 Å². The largest absolute Gasteiger partial charge is 0.356 e. The van der Waals surface area contributed by atoms with Crippen LogP contribution in [0.15, 0.2) is 466 Å². The molecule has 22 rings (SSSR count). The molecule has 20 aromatic carbocycles. The number of benzene rings is 20. The number of aromatic nitrogens is 2. The summed E-state index contributed by atoms with van der Waals surface area (Å²) in [5, 5.41) is 18.7. The molecule has 0 aliphatic rings. The van der Waals surface area contributed by atoms with Gasteiger partial charge >= 0.3 is 0 Å². The number of hydrogen-bond acceptors (Lipinski definition) is 2. The molecule has 4 nitrogen and oxygen atoms in total. The van der Waals surface area contributed by atoms with Gasteiger partial charge < -0.3 is 19.4 Å². The standard InChI is InChI=1S/C56H38N2.C30H22N2.C26H17Br.3CH4/c1-4-16-40(17-5-1)55-48-23-10-12-25-50(48)56(51-26-13-11-24-49(51)55)41-30-35-46(36-31-41)57(43-18-6-2-7-19-43)45-33-28-39(29-34-45)42-32-37-54-52(38-42)47-22-14-15-27-53(47)58(54)44-20-8-3-9-21-44;1-3-9-24(10-4-1)31-25-18-15-22(16-19-25)23-17-20-30-28(21-23)27-13-7-8-14-29(27)32(30)26-11-5-2-6-12-26;27-20-16-14-19(15-17-20)26-23-12-6-4-10-21(23)25(18-8-2-1-3-9-18)22-11-5-7-13-24(22)26;;;/h1-38H;1-21,31H;1-17H;3*1H4. The average Bonchev–Trinajstić information content (AvgIpc) is 1.39. The van der Waals surface area contributed by atoms with E-state index in [-0.39, 0.29) is 22.3 Å². The van der Waals surface area contributed by atoms with E-state index in [4.69, 9.17) is 0 Å². The second-order valence-electron chi connectivity index (χ2n) is 29.6. The van der Waals surface area contributed by atoms with Crippen LogP contribution in [0.4, 0.5) is 28.4 Å². The van der Waals surface area contributed by atoms with Crippen molar-refractivity contribution in [3.8, 4) is 78.1 Å². The van der Waals surface area contributed by atoms with Gasteiger partial charge in [-0.1, -0.05) is 366 Å². The predicted molar refractivity (Wildman–Crippen MR) is 523 cm³/mol. The molecule has 0 radical (unpaired) electrons. The Labute approximate surface area is 711 Å². The van der Waals surface area contributed by atoms with Gasteiger partial charge in [0, 0.05) is 65.8 Å². The van der Waals surface area contributed by atoms with Crippen LogP contribution in [0.25, 0.3) is 165 Å². The molecule has 22 aromatic rings. The average molecular weight is 1610 g/mol. The Morgan fingerprint density at radius 2 is 0.425 bits per heavy atom. The number of hydrogen-bond donors (Lipinski definition) is 1. The van der Waals surface area contributed by atoms with E-state index >= 15 is 0 Å². The quantitative estimate of drug-likeness (QED) is 0.116. The first-order valence-electron chi connectivity index (χ1n) is 39.9. The van der Waals surface area contributed by atoms with Crippen LogP contribution in [0.3, 0.4) is 0 Å². The van der Waals surface area contributed by atoms with Crippen LogP contribution in [-0.4, -0.2) is 9.13 Å². The van der Waals surface area contributed by atoms with Gasteiger partial charge in [-0.25, -0.2) is 0 Å². The van der Waals surface area contributed by atoms with Gasteiger partial charge in [-0.2, -0.15) is 0 Å². The van der Waals surface area contributed by atoms with Crippen LogP contribution in [0.1, 0.15) is 22.3 Å². The zero-order chi connectivity index (χ0) is 78.0. The number of nitrogens with one attached hydrogen (secondary N) is 1. The van der Waals surface area contributed by atoms with E-state index in [1.807, 2.05) is 18.2 Å². The van der Waals surface area contributed by atoms with Crippen LogP contribution in [0, 0.1) is 0 Å². The van der Waals surface area contributed by atoms with Gasteiger partial charge in [0.25, 0.3) is 0 Å². The first kappa shape index (κ1) is 77.7. The highest BCUT2D eigenvalue weighted by atomic mass is 79.9. The van der Waals surface area contributed by atoms with Crippen molar-refractivity contribution in [3.05, 3.63) is 466 Å². The topological polar surface area (TPSA) is 25.1 Å². The molecule has 5 heteroatoms. The molecule has 2 aromatic heterocycles. The summed E-state index contributed by atoms with van der Waals surface area (Å²) in [6, 6.07) is 165. The van der Waals surface area contributed by atoms with Crippen LogP contribution in [0.2, 0.25) is 0 Å². The lowest BCUT2D eigenvalue weighted by Gasteiger charge is -2.26. The van der Waals surface area contributed by atoms with Gasteiger partial charge in [-0.3, -0.25) is 0 Å². The summed E-state index contributed by atoms with van der Waals surface area (Å²) >= 11 is 3.56. The minimum atomic E-state index is 0. The number of nitrogens with zero attached hydrogens (tertiary/aromatic N) is 3. The van der Waals surface area contributed by atoms with Crippen LogP contribution < -0.4 is 10.2 Å². The maximum atomic E-state index is 3.56. The Morgan fingerprint density at radius 1 is 0.183 bits per heavy atom. The normalized spacial score (nSPS) is 11.0. The summed E-state index contributed by atoms with van der Waals surface area (Å²) in [6.45, 7) is 0. The molecule has 120 heavy (non-hydrogen) atoms. The maximum absolute atomic E-state index is 3.56. The Hall–Kier alpha value is -14.9. The molecule has 0 fully saturated rings. The van der Waals surface area contributed by atoms with Crippen LogP contribution in [-0.2, 0) is 0 Å². The van der Waals surface area contributed by atoms with Crippen molar-refractivity contribution in [2.75, 3.05) is 10.2 Å². The molecule has 0 aliphatic carbocycles. The van der Waals surface area contributed by atoms with Crippen molar-refractivity contribution in [1.82, 2.24) is 9.13 Å². The molecule has 0 bridgehead atoms. The van der Waals surface area contributed by atoms with Gasteiger partial charge in [0.15, 0.2) is 0 Å². The molecular weight excluding hydrogens is 1520 g/mol. The van der Waals surface area contributed by atoms with E-state index < -0.39 is 0 Å². The number of fused-ring (bicyclic) bond motifs is 10. The monoisotopic (exact) mass is 1600 g/mol. The molecule has 0 aliphatic heterocycles. The van der Waals surface area contributed by atoms with Crippen LogP contribution >= 0.6 is 15.9 Å². The zero-order valence-corrected chi connectivity index (χ0v) is 65.7. The summed E-state index contributed by atoms with van der Waals surface area (Å²) in [7, 11) is 0. The highest BCUT2D eigenvalue weighted by Crippen LogP contribution is 2.48. The first-order valence-corrected chi connectivity index (χ1v) is 40.7. The van der Waals surface area contributed by atoms with Crippen molar-refractivity contribution in [1.29, 1.82) is 0 Å². The SMILES string of the molecule is Brc1ccc(-c2c3ccccc3c(-c3ccccc3)c3ccccc23)cc1.C.C.C.c1ccc(-c2c3ccccc3c(-c3ccc(N(c4ccccc4)c4ccc(-c5ccc6c(c5)c5ccccc5n6-c5ccccc5)cc4)cc3)c3ccccc23)cc1.c1ccc(Nc2ccc(-c3ccc4c(c3)c3ccccc3n4-c3ccccc3)cc2)cc1. The third kappa shape index (κ3) is 14.8. The molecule has 1 N–H and O–H groups in total. The van der Waals surface area contributed by atoms with Crippen molar-refractivity contribution in [3.63, 3.8) is 0 Å². The van der Waals surface area contributed by atoms with E-state index in [9.17, 15) is 0 Å². The van der Waals surface area contributed by atoms with Gasteiger partial charge in [0.1, 0.15) is 0 Å². The third-order valence-electron chi connectivity index (χ3n) is 22.7. The fourth-order valence-electron chi connectivity index (χ4n) is 17.4. The minimum Gasteiger partial charge on any atom is -0.356 e. The van der Waals surface area contributed by atoms with E-state index in [0.717, 1.165) is 32.9 Å². The first-order chi connectivity index (χ1) is 58.0. The second kappa shape index (κ2) is 34.5. The van der Waals surface area contributed by atoms with E-state index in [0.29, 0.717) is 0 Å². The lowest BCUT2D eigenvalue weighted by Crippen LogP contribution is -2.09. The molecular formula is C115H89BrN4. The van der Waals surface area contributed by atoms with E-state index in [1.165, 1.54) is 165 Å². The number of rotatable bonds is 13. The molecule has 0 saturated heterocycles. The van der Waals surface area contributed by atoms with Crippen molar-refractivity contribution in [2.24, 2.45) is 0 Å². The van der Waals surface area contributed by atoms with Gasteiger partial charge in [0.2, 0.25) is 0 Å². The maximum Gasteiger partial charge on any atom is 0.0541 e. The van der Waals surface area contributed by atoms with E-state index in [1.54, 1.807) is 0 Å². The summed E-state index contributed by atoms with van der Waals surface area (Å²) in [5.41, 5.74) is 27.6. The molecule has 2 heterocycles. The predicted octanol–water partition coefficient (Wildman–Crippen LogP) is 33.8. The number of anilines is 5. The molecule has 0 amide bonds. The number of para-hydroxylation sites is 6. The second-order valence-corrected chi connectivity index (χ2v) is 30.5. The zero-order valence-electron chi connectivity index (χ0n) is 64.1. The van der Waals surface area contributed by atoms with Crippen molar-refractivity contribution >= 4 is 131 Å². The smallest absolute Gasteiger partial charge is 0.0541 e. The van der Waals surface area contributed by atoms with Crippen LogP contribution in [0.5, 0.6) is 0 Å². The molecule has 0 atom stereocenters. The summed E-state index contributed by atoms with van der Waals surface area (Å²) in [4.78, 5) is 2.35.